The third kappa shape index (κ3) is 5.32. The van der Waals surface area contributed by atoms with Crippen molar-refractivity contribution in [2.75, 3.05) is 12.3 Å². The number of carbonyl (C=O) groups excluding carboxylic acids is 1. The van der Waals surface area contributed by atoms with Crippen molar-refractivity contribution in [1.82, 2.24) is 15.3 Å². The van der Waals surface area contributed by atoms with Gasteiger partial charge in [0.05, 0.1) is 5.69 Å². The average Bonchev–Trinajstić information content (AvgIpc) is 2.51. The maximum absolute atomic E-state index is 11.5. The summed E-state index contributed by atoms with van der Waals surface area (Å²) in [5.74, 6) is 0.215. The van der Waals surface area contributed by atoms with E-state index >= 15 is 0 Å². The van der Waals surface area contributed by atoms with Crippen LogP contribution in [-0.2, 0) is 11.3 Å². The number of ether oxygens (including phenoxy) is 1. The molecular weight excluding hydrogens is 268 g/mol. The predicted molar refractivity (Wildman–Crippen MR) is 80.1 cm³/mol. The first kappa shape index (κ1) is 14.5. The number of hydrogen-bond donors (Lipinski definition) is 2. The Kier molecular flexibility index (Phi) is 5.28. The molecule has 6 nitrogen and oxygen atoms in total. The summed E-state index contributed by atoms with van der Waals surface area (Å²) in [6, 6.07) is 11.2. The number of nitrogens with two attached hydrogens (primary N) is 1. The lowest BCUT2D eigenvalue weighted by molar-refractivity contribution is 0.141. The van der Waals surface area contributed by atoms with Gasteiger partial charge < -0.3 is 15.8 Å². The molecule has 0 spiro atoms. The fraction of sp³-hybridized carbons (Fsp3) is 0.133. The van der Waals surface area contributed by atoms with Crippen LogP contribution in [0.5, 0.6) is 0 Å². The summed E-state index contributed by atoms with van der Waals surface area (Å²) in [7, 11) is 0. The van der Waals surface area contributed by atoms with Gasteiger partial charge in [0.15, 0.2) is 0 Å². The van der Waals surface area contributed by atoms with E-state index < -0.39 is 6.09 Å². The number of hydrogen-bond acceptors (Lipinski definition) is 5. The first-order valence-electron chi connectivity index (χ1n) is 6.43. The largest absolute Gasteiger partial charge is 0.445 e. The summed E-state index contributed by atoms with van der Waals surface area (Å²) < 4.78 is 5.07. The lowest BCUT2D eigenvalue weighted by atomic mass is 10.2. The van der Waals surface area contributed by atoms with Crippen molar-refractivity contribution >= 4 is 18.1 Å². The Labute approximate surface area is 122 Å². The first-order valence-corrected chi connectivity index (χ1v) is 6.43. The standard InChI is InChI=1S/C15H16N4O2/c16-14-17-10-8-13(19-14)7-4-9-18-15(20)21-11-12-5-2-1-3-6-12/h1-8,10H,9,11H2,(H,18,20)(H2,16,17,19). The highest BCUT2D eigenvalue weighted by Gasteiger charge is 2.00. The highest BCUT2D eigenvalue weighted by molar-refractivity contribution is 5.67. The van der Waals surface area contributed by atoms with Gasteiger partial charge in [0.2, 0.25) is 5.95 Å². The van der Waals surface area contributed by atoms with Gasteiger partial charge in [-0.25, -0.2) is 14.8 Å². The predicted octanol–water partition coefficient (Wildman–Crippen LogP) is 2.00. The highest BCUT2D eigenvalue weighted by atomic mass is 16.5. The molecule has 0 aliphatic carbocycles. The minimum atomic E-state index is -0.467. The zero-order valence-electron chi connectivity index (χ0n) is 11.4. The molecule has 1 aromatic carbocycles. The third-order valence-corrected chi connectivity index (χ3v) is 2.56. The van der Waals surface area contributed by atoms with Crippen LogP contribution in [-0.4, -0.2) is 22.6 Å². The van der Waals surface area contributed by atoms with Crippen LogP contribution in [0.2, 0.25) is 0 Å². The number of nitrogens with zero attached hydrogens (tertiary/aromatic N) is 2. The molecule has 0 fully saturated rings. The molecule has 1 amide bonds. The van der Waals surface area contributed by atoms with Crippen LogP contribution in [0.25, 0.3) is 6.08 Å². The van der Waals surface area contributed by atoms with Crippen LogP contribution >= 0.6 is 0 Å². The SMILES string of the molecule is Nc1nccc(C=CCNC(=O)OCc2ccccc2)n1. The van der Waals surface area contributed by atoms with Crippen molar-refractivity contribution in [3.63, 3.8) is 0 Å². The molecule has 1 heterocycles. The quantitative estimate of drug-likeness (QED) is 0.876. The summed E-state index contributed by atoms with van der Waals surface area (Å²) in [6.07, 6.45) is 4.61. The van der Waals surface area contributed by atoms with Crippen LogP contribution < -0.4 is 11.1 Å². The Morgan fingerprint density at radius 3 is 2.86 bits per heavy atom. The Bertz CT molecular complexity index is 614. The molecule has 0 atom stereocenters. The molecule has 0 saturated carbocycles. The van der Waals surface area contributed by atoms with Gasteiger partial charge in [0, 0.05) is 12.7 Å². The van der Waals surface area contributed by atoms with E-state index in [-0.39, 0.29) is 12.6 Å². The summed E-state index contributed by atoms with van der Waals surface area (Å²) in [5, 5.41) is 2.62. The lowest BCUT2D eigenvalue weighted by Crippen LogP contribution is -2.24. The van der Waals surface area contributed by atoms with Gasteiger partial charge in [-0.15, -0.1) is 0 Å². The van der Waals surface area contributed by atoms with Gasteiger partial charge in [-0.05, 0) is 17.7 Å². The molecule has 6 heteroatoms. The zero-order valence-corrected chi connectivity index (χ0v) is 11.4. The molecule has 108 valence electrons. The van der Waals surface area contributed by atoms with Crippen molar-refractivity contribution in [2.45, 2.75) is 6.61 Å². The number of nitrogens with one attached hydrogen (secondary N) is 1. The molecule has 2 aromatic rings. The van der Waals surface area contributed by atoms with Crippen molar-refractivity contribution in [3.05, 3.63) is 59.9 Å². The highest BCUT2D eigenvalue weighted by Crippen LogP contribution is 2.01. The summed E-state index contributed by atoms with van der Waals surface area (Å²) in [5.41, 5.74) is 7.09. The van der Waals surface area contributed by atoms with Gasteiger partial charge in [-0.2, -0.15) is 0 Å². The van der Waals surface area contributed by atoms with Crippen LogP contribution in [0.1, 0.15) is 11.3 Å². The van der Waals surface area contributed by atoms with E-state index in [4.69, 9.17) is 10.5 Å². The number of aromatic nitrogens is 2. The topological polar surface area (TPSA) is 90.1 Å². The smallest absolute Gasteiger partial charge is 0.407 e. The molecular formula is C15H16N4O2. The van der Waals surface area contributed by atoms with Gasteiger partial charge in [0.25, 0.3) is 0 Å². The molecule has 0 aliphatic rings. The average molecular weight is 284 g/mol. The van der Waals surface area contributed by atoms with E-state index in [1.165, 1.54) is 0 Å². The Morgan fingerprint density at radius 2 is 2.10 bits per heavy atom. The van der Waals surface area contributed by atoms with Crippen LogP contribution in [0, 0.1) is 0 Å². The van der Waals surface area contributed by atoms with Crippen molar-refractivity contribution in [2.24, 2.45) is 0 Å². The molecule has 2 rings (SSSR count). The fourth-order valence-corrected chi connectivity index (χ4v) is 1.58. The van der Waals surface area contributed by atoms with E-state index in [1.807, 2.05) is 30.3 Å². The maximum Gasteiger partial charge on any atom is 0.407 e. The third-order valence-electron chi connectivity index (χ3n) is 2.56. The number of carbonyl (C=O) groups is 1. The second-order valence-electron chi connectivity index (χ2n) is 4.18. The van der Waals surface area contributed by atoms with E-state index in [9.17, 15) is 4.79 Å². The molecule has 0 unspecified atom stereocenters. The summed E-state index contributed by atoms with van der Waals surface area (Å²) in [4.78, 5) is 19.3. The minimum Gasteiger partial charge on any atom is -0.445 e. The van der Waals surface area contributed by atoms with Gasteiger partial charge in [0.1, 0.15) is 6.61 Å². The molecule has 1 aromatic heterocycles. The molecule has 3 N–H and O–H groups in total. The number of alkyl carbamates (subject to hydrolysis) is 1. The summed E-state index contributed by atoms with van der Waals surface area (Å²) in [6.45, 7) is 0.594. The number of rotatable bonds is 5. The Balaban J connectivity index is 1.69. The van der Waals surface area contributed by atoms with Crippen LogP contribution in [0.4, 0.5) is 10.7 Å². The Morgan fingerprint density at radius 1 is 1.29 bits per heavy atom. The molecule has 0 radical (unpaired) electrons. The normalized spacial score (nSPS) is 10.5. The number of anilines is 1. The van der Waals surface area contributed by atoms with Gasteiger partial charge in [-0.1, -0.05) is 36.4 Å². The number of amides is 1. The van der Waals surface area contributed by atoms with Gasteiger partial charge >= 0.3 is 6.09 Å². The zero-order chi connectivity index (χ0) is 14.9. The van der Waals surface area contributed by atoms with E-state index in [0.29, 0.717) is 12.2 Å². The van der Waals surface area contributed by atoms with Crippen molar-refractivity contribution < 1.29 is 9.53 Å². The molecule has 0 saturated heterocycles. The second kappa shape index (κ2) is 7.64. The van der Waals surface area contributed by atoms with Crippen LogP contribution in [0.3, 0.4) is 0 Å². The van der Waals surface area contributed by atoms with E-state index in [1.54, 1.807) is 24.4 Å². The van der Waals surface area contributed by atoms with Crippen molar-refractivity contribution in [1.29, 1.82) is 0 Å². The first-order chi connectivity index (χ1) is 10.2. The monoisotopic (exact) mass is 284 g/mol. The maximum atomic E-state index is 11.5. The van der Waals surface area contributed by atoms with E-state index in [0.717, 1.165) is 5.56 Å². The number of nitrogen functional groups attached to an aromatic ring is 1. The Hall–Kier alpha value is -2.89. The van der Waals surface area contributed by atoms with Gasteiger partial charge in [-0.3, -0.25) is 0 Å². The van der Waals surface area contributed by atoms with Crippen LogP contribution in [0.15, 0.2) is 48.7 Å². The van der Waals surface area contributed by atoms with Crippen molar-refractivity contribution in [3.8, 4) is 0 Å². The molecule has 0 aliphatic heterocycles. The number of benzene rings is 1. The fourth-order valence-electron chi connectivity index (χ4n) is 1.58. The molecule has 0 bridgehead atoms. The minimum absolute atomic E-state index is 0.215. The molecule has 21 heavy (non-hydrogen) atoms. The lowest BCUT2D eigenvalue weighted by Gasteiger charge is -2.05. The second-order valence-corrected chi connectivity index (χ2v) is 4.18. The van der Waals surface area contributed by atoms with E-state index in [2.05, 4.69) is 15.3 Å². The summed E-state index contributed by atoms with van der Waals surface area (Å²) >= 11 is 0.